The molecule has 40 heavy (non-hydrogen) atoms. The number of rotatable bonds is 5. The van der Waals surface area contributed by atoms with E-state index in [0.29, 0.717) is 0 Å². The highest BCUT2D eigenvalue weighted by Gasteiger charge is 2.54. The molecule has 1 N–H and O–H groups in total. The topological polar surface area (TPSA) is 117 Å². The number of fused-ring (bicyclic) bond motifs is 4. The molecule has 0 aliphatic carbocycles. The molecule has 5 rings (SSSR count). The number of benzene rings is 2. The van der Waals surface area contributed by atoms with Gasteiger partial charge in [0.1, 0.15) is 11.9 Å². The van der Waals surface area contributed by atoms with Crippen LogP contribution >= 0.6 is 0 Å². The smallest absolute Gasteiger partial charge is 0.304 e. The maximum absolute atomic E-state index is 12.2. The SMILES string of the molecule is COc1ccc2[nH]c3c(C)c4cc[n+]([C@H]5O[C@@H](C)[C@@H](OC(C)=O)[C@@H](OC(C)=O)[C@@H]5OC(C)=O)cc4c(C)c3c2c1. The maximum atomic E-state index is 12.2. The lowest BCUT2D eigenvalue weighted by Gasteiger charge is -2.41. The van der Waals surface area contributed by atoms with E-state index in [1.165, 1.54) is 20.8 Å². The number of hydrogen-bond acceptors (Lipinski definition) is 8. The van der Waals surface area contributed by atoms with Crippen molar-refractivity contribution in [3.8, 4) is 5.75 Å². The monoisotopic (exact) mass is 549 g/mol. The first-order chi connectivity index (χ1) is 19.0. The van der Waals surface area contributed by atoms with Crippen molar-refractivity contribution < 1.29 is 42.6 Å². The van der Waals surface area contributed by atoms with Gasteiger partial charge < -0.3 is 28.7 Å². The lowest BCUT2D eigenvalue weighted by molar-refractivity contribution is -0.776. The van der Waals surface area contributed by atoms with Crippen molar-refractivity contribution in [2.45, 2.75) is 72.2 Å². The Bertz CT molecular complexity index is 1660. The molecule has 210 valence electrons. The predicted molar refractivity (Wildman–Crippen MR) is 146 cm³/mol. The third-order valence-electron chi connectivity index (χ3n) is 7.49. The molecule has 1 saturated heterocycles. The minimum absolute atomic E-state index is 0.568. The molecule has 0 unspecified atom stereocenters. The minimum Gasteiger partial charge on any atom is -0.497 e. The molecule has 2 aromatic carbocycles. The Kier molecular flexibility index (Phi) is 7.14. The van der Waals surface area contributed by atoms with E-state index in [9.17, 15) is 14.4 Å². The minimum atomic E-state index is -1.08. The van der Waals surface area contributed by atoms with Gasteiger partial charge in [-0.1, -0.05) is 0 Å². The van der Waals surface area contributed by atoms with Gasteiger partial charge in [-0.05, 0) is 55.5 Å². The van der Waals surface area contributed by atoms with Crippen LogP contribution in [0.4, 0.5) is 0 Å². The molecule has 0 spiro atoms. The summed E-state index contributed by atoms with van der Waals surface area (Å²) in [7, 11) is 1.65. The summed E-state index contributed by atoms with van der Waals surface area (Å²) in [6, 6.07) is 7.94. The molecule has 4 aromatic rings. The molecular weight excluding hydrogens is 516 g/mol. The Morgan fingerprint density at radius 1 is 0.850 bits per heavy atom. The predicted octanol–water partition coefficient (Wildman–Crippen LogP) is 4.10. The Labute approximate surface area is 231 Å². The Morgan fingerprint density at radius 2 is 1.50 bits per heavy atom. The highest BCUT2D eigenvalue weighted by molar-refractivity contribution is 6.16. The van der Waals surface area contributed by atoms with Gasteiger partial charge in [0, 0.05) is 48.5 Å². The van der Waals surface area contributed by atoms with Crippen LogP contribution in [-0.2, 0) is 33.3 Å². The first-order valence-corrected chi connectivity index (χ1v) is 13.1. The summed E-state index contributed by atoms with van der Waals surface area (Å²) in [5.41, 5.74) is 4.18. The molecule has 0 bridgehead atoms. The third kappa shape index (κ3) is 4.72. The number of nitrogens with one attached hydrogen (secondary N) is 1. The number of esters is 3. The number of carbonyl (C=O) groups is 3. The fourth-order valence-corrected chi connectivity index (χ4v) is 5.76. The molecule has 5 atom stereocenters. The summed E-state index contributed by atoms with van der Waals surface area (Å²) >= 11 is 0. The van der Waals surface area contributed by atoms with Crippen LogP contribution in [0, 0.1) is 13.8 Å². The second-order valence-corrected chi connectivity index (χ2v) is 10.2. The highest BCUT2D eigenvalue weighted by Crippen LogP contribution is 2.38. The number of nitrogens with zero attached hydrogens (tertiary/aromatic N) is 1. The van der Waals surface area contributed by atoms with Crippen molar-refractivity contribution >= 4 is 50.5 Å². The molecular formula is C30H33N2O8+. The largest absolute Gasteiger partial charge is 0.497 e. The van der Waals surface area contributed by atoms with E-state index < -0.39 is 48.6 Å². The van der Waals surface area contributed by atoms with Gasteiger partial charge in [-0.15, -0.1) is 0 Å². The van der Waals surface area contributed by atoms with Gasteiger partial charge in [0.05, 0.1) is 12.6 Å². The van der Waals surface area contributed by atoms with E-state index in [0.717, 1.165) is 49.5 Å². The average Bonchev–Trinajstić information content (AvgIpc) is 3.29. The van der Waals surface area contributed by atoms with Crippen molar-refractivity contribution in [3.63, 3.8) is 0 Å². The average molecular weight is 550 g/mol. The molecule has 1 aliphatic rings. The number of ether oxygens (including phenoxy) is 5. The third-order valence-corrected chi connectivity index (χ3v) is 7.49. The number of methoxy groups -OCH3 is 1. The van der Waals surface area contributed by atoms with Crippen LogP contribution in [0.25, 0.3) is 32.6 Å². The molecule has 10 nitrogen and oxygen atoms in total. The van der Waals surface area contributed by atoms with Gasteiger partial charge in [-0.2, -0.15) is 4.57 Å². The van der Waals surface area contributed by atoms with Crippen LogP contribution in [0.15, 0.2) is 36.7 Å². The number of pyridine rings is 1. The van der Waals surface area contributed by atoms with Crippen LogP contribution in [0.2, 0.25) is 0 Å². The number of aromatic nitrogens is 2. The van der Waals surface area contributed by atoms with Crippen LogP contribution < -0.4 is 9.30 Å². The van der Waals surface area contributed by atoms with Crippen LogP contribution in [0.3, 0.4) is 0 Å². The Balaban J connectivity index is 1.68. The summed E-state index contributed by atoms with van der Waals surface area (Å²) in [4.78, 5) is 39.7. The van der Waals surface area contributed by atoms with Gasteiger partial charge in [0.2, 0.25) is 6.10 Å². The van der Waals surface area contributed by atoms with E-state index in [4.69, 9.17) is 23.7 Å². The fraction of sp³-hybridized carbons (Fsp3) is 0.400. The van der Waals surface area contributed by atoms with Crippen molar-refractivity contribution in [2.75, 3.05) is 7.11 Å². The molecule has 0 amide bonds. The van der Waals surface area contributed by atoms with E-state index in [1.807, 2.05) is 36.7 Å². The number of hydrogen-bond donors (Lipinski definition) is 1. The zero-order valence-corrected chi connectivity index (χ0v) is 23.6. The van der Waals surface area contributed by atoms with E-state index in [2.05, 4.69) is 18.8 Å². The van der Waals surface area contributed by atoms with E-state index >= 15 is 0 Å². The van der Waals surface area contributed by atoms with Gasteiger partial charge >= 0.3 is 24.1 Å². The van der Waals surface area contributed by atoms with Crippen molar-refractivity contribution in [3.05, 3.63) is 47.8 Å². The van der Waals surface area contributed by atoms with Crippen molar-refractivity contribution in [1.82, 2.24) is 4.98 Å². The quantitative estimate of drug-likeness (QED) is 0.225. The van der Waals surface area contributed by atoms with Crippen molar-refractivity contribution in [1.29, 1.82) is 0 Å². The normalized spacial score (nSPS) is 22.8. The zero-order valence-electron chi connectivity index (χ0n) is 23.6. The summed E-state index contributed by atoms with van der Waals surface area (Å²) in [5.74, 6) is -0.989. The fourth-order valence-electron chi connectivity index (χ4n) is 5.76. The Morgan fingerprint density at radius 3 is 2.15 bits per heavy atom. The van der Waals surface area contributed by atoms with Gasteiger partial charge in [-0.25, -0.2) is 0 Å². The molecule has 0 saturated carbocycles. The van der Waals surface area contributed by atoms with Crippen LogP contribution in [-0.4, -0.2) is 54.4 Å². The first-order valence-electron chi connectivity index (χ1n) is 13.1. The summed E-state index contributed by atoms with van der Waals surface area (Å²) in [6.07, 6.45) is -0.857. The molecule has 1 aliphatic heterocycles. The number of aryl methyl sites for hydroxylation is 2. The van der Waals surface area contributed by atoms with Gasteiger partial charge in [-0.3, -0.25) is 14.4 Å². The van der Waals surface area contributed by atoms with E-state index in [-0.39, 0.29) is 0 Å². The molecule has 0 radical (unpaired) electrons. The lowest BCUT2D eigenvalue weighted by atomic mass is 9.95. The lowest BCUT2D eigenvalue weighted by Crippen LogP contribution is -2.64. The van der Waals surface area contributed by atoms with Gasteiger partial charge in [0.15, 0.2) is 24.6 Å². The number of H-pyrrole nitrogens is 1. The molecule has 2 aromatic heterocycles. The maximum Gasteiger partial charge on any atom is 0.304 e. The zero-order chi connectivity index (χ0) is 28.9. The molecule has 1 fully saturated rings. The van der Waals surface area contributed by atoms with Crippen LogP contribution in [0.5, 0.6) is 5.75 Å². The first kappa shape index (κ1) is 27.4. The second-order valence-electron chi connectivity index (χ2n) is 10.2. The Hall–Kier alpha value is -4.18. The second kappa shape index (κ2) is 10.4. The van der Waals surface area contributed by atoms with Crippen LogP contribution in [0.1, 0.15) is 45.0 Å². The standard InChI is InChI=1S/C30H32N2O8/c1-14-23-13-32(11-10-21(23)15(2)26-25(14)22-12-20(36-7)8-9-24(22)31-26)30-29(40-19(6)35)28(39-18(5)34)27(16(3)37-30)38-17(4)33/h8-13,16,27-30H,1-7H3/p+1/t16-,27+,28+,29-,30-/m0/s1. The summed E-state index contributed by atoms with van der Waals surface area (Å²) in [5, 5.41) is 4.15. The summed E-state index contributed by atoms with van der Waals surface area (Å²) in [6.45, 7) is 9.63. The molecule has 3 heterocycles. The number of carbonyl (C=O) groups excluding carboxylic acids is 3. The van der Waals surface area contributed by atoms with Crippen molar-refractivity contribution in [2.24, 2.45) is 0 Å². The van der Waals surface area contributed by atoms with E-state index in [1.54, 1.807) is 18.6 Å². The number of aromatic amines is 1. The summed E-state index contributed by atoms with van der Waals surface area (Å²) < 4.78 is 30.3. The highest BCUT2D eigenvalue weighted by atomic mass is 16.7. The van der Waals surface area contributed by atoms with Gasteiger partial charge in [0.25, 0.3) is 0 Å². The molecule has 10 heteroatoms.